The highest BCUT2D eigenvalue weighted by molar-refractivity contribution is 6.02. The number of rotatable bonds is 3. The smallest absolute Gasteiger partial charge is 0.338 e. The second-order valence-electron chi connectivity index (χ2n) is 18.8. The first-order valence-corrected chi connectivity index (χ1v) is 19.2. The number of nitrogens with zero attached hydrogens (tertiary/aromatic N) is 2. The molecule has 0 saturated heterocycles. The monoisotopic (exact) mass is 703 g/mol. The summed E-state index contributed by atoms with van der Waals surface area (Å²) in [6.07, 6.45) is 4.05. The Morgan fingerprint density at radius 2 is 1.46 bits per heavy atom. The third-order valence-corrected chi connectivity index (χ3v) is 13.4. The minimum atomic E-state index is -0.452. The predicted molar refractivity (Wildman–Crippen MR) is 206 cm³/mol. The number of carbonyl (C=O) groups excluding carboxylic acids is 2. The molecule has 0 aromatic heterocycles. The second-order valence-corrected chi connectivity index (χ2v) is 18.8. The predicted octanol–water partition coefficient (Wildman–Crippen LogP) is 7.84. The minimum absolute atomic E-state index is 0.00674. The number of hydrogen-bond acceptors (Lipinski definition) is 6. The van der Waals surface area contributed by atoms with Gasteiger partial charge in [0.25, 0.3) is 0 Å². The van der Waals surface area contributed by atoms with E-state index in [1.165, 1.54) is 47.5 Å². The topological polar surface area (TPSA) is 68.1 Å². The summed E-state index contributed by atoms with van der Waals surface area (Å²) in [4.78, 5) is 29.5. The zero-order valence-electron chi connectivity index (χ0n) is 33.2. The summed E-state index contributed by atoms with van der Waals surface area (Å²) in [7, 11) is 2.81. The van der Waals surface area contributed by atoms with Crippen molar-refractivity contribution in [2.75, 3.05) is 32.2 Å². The Hall–Kier alpha value is -4.13. The van der Waals surface area contributed by atoms with Crippen LogP contribution in [0.5, 0.6) is 11.5 Å². The first-order chi connectivity index (χ1) is 24.3. The maximum absolute atomic E-state index is 13.7. The molecule has 0 bridgehead atoms. The number of fused-ring (bicyclic) bond motifs is 4. The van der Waals surface area contributed by atoms with Gasteiger partial charge in [-0.15, -0.1) is 0 Å². The van der Waals surface area contributed by atoms with Gasteiger partial charge in [-0.1, -0.05) is 41.5 Å². The van der Waals surface area contributed by atoms with E-state index < -0.39 is 11.9 Å². The fraction of sp³-hybridized carbons (Fsp3) is 0.533. The molecular formula is C45H55N2O5+. The molecule has 7 heteroatoms. The fourth-order valence-corrected chi connectivity index (χ4v) is 10.8. The van der Waals surface area contributed by atoms with Crippen molar-refractivity contribution in [1.29, 1.82) is 0 Å². The molecule has 7 nitrogen and oxygen atoms in total. The number of methoxy groups -OCH3 is 2. The van der Waals surface area contributed by atoms with Crippen molar-refractivity contribution in [3.8, 4) is 11.5 Å². The highest BCUT2D eigenvalue weighted by Crippen LogP contribution is 2.58. The van der Waals surface area contributed by atoms with E-state index in [-0.39, 0.29) is 21.9 Å². The lowest BCUT2D eigenvalue weighted by atomic mass is 9.67. The van der Waals surface area contributed by atoms with Crippen molar-refractivity contribution in [1.82, 2.24) is 4.58 Å². The molecule has 274 valence electrons. The molecule has 0 radical (unpaired) electrons. The molecule has 8 rings (SSSR count). The van der Waals surface area contributed by atoms with Crippen LogP contribution in [0.2, 0.25) is 0 Å². The Bertz CT molecular complexity index is 2240. The van der Waals surface area contributed by atoms with Crippen molar-refractivity contribution < 1.29 is 23.8 Å². The first kappa shape index (κ1) is 34.9. The van der Waals surface area contributed by atoms with E-state index in [9.17, 15) is 9.59 Å². The van der Waals surface area contributed by atoms with Crippen LogP contribution in [0.4, 0.5) is 5.69 Å². The summed E-state index contributed by atoms with van der Waals surface area (Å²) in [6.45, 7) is 25.6. The number of ether oxygens (including phenoxy) is 3. The summed E-state index contributed by atoms with van der Waals surface area (Å²) in [5.74, 6) is 1.45. The summed E-state index contributed by atoms with van der Waals surface area (Å²) >= 11 is 0. The van der Waals surface area contributed by atoms with Crippen molar-refractivity contribution in [2.45, 2.75) is 129 Å². The lowest BCUT2D eigenvalue weighted by Crippen LogP contribution is -2.58. The standard InChI is InChI=1S/C45H55N2O5/c1-24-22-44(7,8)46-17-15-42(3,4)34-36(46)28(24)20-31-33(30-19-26(40(48)50-11)13-14-27(30)41(49)51-12)32-21-29-25(2)23-45(9,10)47-18-16-43(5,6)35(37(29)47)39(32)52-38(31)34/h13-14,19-21,24-25H,15-18,22-23H2,1-12H3/q+1. The molecule has 5 heterocycles. The molecule has 0 fully saturated rings. The Labute approximate surface area is 308 Å². The van der Waals surface area contributed by atoms with E-state index in [2.05, 4.69) is 90.8 Å². The van der Waals surface area contributed by atoms with Crippen LogP contribution in [0.1, 0.15) is 161 Å². The highest BCUT2D eigenvalue weighted by Gasteiger charge is 2.50. The van der Waals surface area contributed by atoms with Gasteiger partial charge in [0.1, 0.15) is 18.0 Å². The van der Waals surface area contributed by atoms with Crippen molar-refractivity contribution in [3.05, 3.63) is 85.4 Å². The Balaban J connectivity index is 1.63. The molecule has 3 aromatic carbocycles. The van der Waals surface area contributed by atoms with Crippen molar-refractivity contribution in [2.24, 2.45) is 0 Å². The van der Waals surface area contributed by atoms with Gasteiger partial charge in [-0.2, -0.15) is 0 Å². The van der Waals surface area contributed by atoms with Gasteiger partial charge in [0, 0.05) is 63.5 Å². The molecule has 2 unspecified atom stereocenters. The van der Waals surface area contributed by atoms with E-state index in [0.29, 0.717) is 28.5 Å². The minimum Gasteiger partial charge on any atom is -0.465 e. The SMILES string of the molecule is COC(=O)c1ccc(C(=O)OC)c(C2=c3cc4c5c(c3Oc3c2cc2c6c3C(C)(C)CCN6C(C)(C)CC2C)C(C)(C)CC[N+]=5C(C)(C)CC4C)c1. The Morgan fingerprint density at radius 1 is 0.788 bits per heavy atom. The molecule has 5 aliphatic heterocycles. The molecule has 0 aliphatic carbocycles. The summed E-state index contributed by atoms with van der Waals surface area (Å²) in [5.41, 5.74) is 9.37. The molecule has 3 aromatic rings. The summed E-state index contributed by atoms with van der Waals surface area (Å²) < 4.78 is 20.9. The van der Waals surface area contributed by atoms with E-state index in [0.717, 1.165) is 66.6 Å². The highest BCUT2D eigenvalue weighted by atomic mass is 16.5. The third kappa shape index (κ3) is 4.79. The molecule has 0 spiro atoms. The third-order valence-electron chi connectivity index (χ3n) is 13.4. The Kier molecular flexibility index (Phi) is 7.52. The van der Waals surface area contributed by atoms with Crippen LogP contribution in [0.25, 0.3) is 5.57 Å². The van der Waals surface area contributed by atoms with Gasteiger partial charge in [-0.05, 0) is 99.2 Å². The van der Waals surface area contributed by atoms with Crippen LogP contribution in [0.3, 0.4) is 0 Å². The van der Waals surface area contributed by atoms with Gasteiger partial charge in [0.15, 0.2) is 5.54 Å². The van der Waals surface area contributed by atoms with Crippen LogP contribution in [0.15, 0.2) is 30.3 Å². The van der Waals surface area contributed by atoms with Crippen LogP contribution in [-0.2, 0) is 20.3 Å². The number of benzene rings is 3. The average molecular weight is 704 g/mol. The van der Waals surface area contributed by atoms with E-state index in [1.807, 2.05) is 6.07 Å². The van der Waals surface area contributed by atoms with Gasteiger partial charge < -0.3 is 19.1 Å². The largest absolute Gasteiger partial charge is 0.465 e. The van der Waals surface area contributed by atoms with Crippen LogP contribution in [0, 0.1) is 0 Å². The number of hydrogen-bond donors (Lipinski definition) is 0. The lowest BCUT2D eigenvalue weighted by molar-refractivity contribution is 0.0586. The van der Waals surface area contributed by atoms with Gasteiger partial charge in [0.2, 0.25) is 5.36 Å². The fourth-order valence-electron chi connectivity index (χ4n) is 10.8. The molecule has 2 atom stereocenters. The maximum Gasteiger partial charge on any atom is 0.338 e. The van der Waals surface area contributed by atoms with E-state index in [1.54, 1.807) is 12.1 Å². The number of carbonyl (C=O) groups is 2. The maximum atomic E-state index is 13.7. The van der Waals surface area contributed by atoms with Gasteiger partial charge >= 0.3 is 11.9 Å². The molecule has 5 aliphatic rings. The molecule has 52 heavy (non-hydrogen) atoms. The average Bonchev–Trinajstić information content (AvgIpc) is 3.06. The normalized spacial score (nSPS) is 23.7. The number of anilines is 1. The molecule has 0 saturated carbocycles. The van der Waals surface area contributed by atoms with Crippen LogP contribution >= 0.6 is 0 Å². The molecule has 0 amide bonds. The van der Waals surface area contributed by atoms with Gasteiger partial charge in [-0.25, -0.2) is 14.2 Å². The molecular weight excluding hydrogens is 649 g/mol. The Morgan fingerprint density at radius 3 is 2.15 bits per heavy atom. The summed E-state index contributed by atoms with van der Waals surface area (Å²) in [6, 6.07) is 9.90. The quantitative estimate of drug-likeness (QED) is 0.160. The van der Waals surface area contributed by atoms with E-state index in [4.69, 9.17) is 14.2 Å². The zero-order valence-corrected chi connectivity index (χ0v) is 33.2. The van der Waals surface area contributed by atoms with Crippen molar-refractivity contribution in [3.63, 3.8) is 0 Å². The van der Waals surface area contributed by atoms with Crippen molar-refractivity contribution >= 4 is 23.2 Å². The summed E-state index contributed by atoms with van der Waals surface area (Å²) in [5, 5.41) is 2.27. The van der Waals surface area contributed by atoms with Gasteiger partial charge in [0.05, 0.1) is 30.9 Å². The van der Waals surface area contributed by atoms with Crippen LogP contribution < -0.4 is 24.8 Å². The second kappa shape index (κ2) is 11.2. The zero-order chi connectivity index (χ0) is 37.4. The van der Waals surface area contributed by atoms with Gasteiger partial charge in [-0.3, -0.25) is 0 Å². The number of esters is 2. The lowest BCUT2D eigenvalue weighted by Gasteiger charge is -2.54. The first-order valence-electron chi connectivity index (χ1n) is 19.2. The van der Waals surface area contributed by atoms with E-state index >= 15 is 0 Å². The molecule has 0 N–H and O–H groups in total. The van der Waals surface area contributed by atoms with Crippen LogP contribution in [-0.4, -0.2) is 50.3 Å².